The summed E-state index contributed by atoms with van der Waals surface area (Å²) in [5.74, 6) is 0.700. The van der Waals surface area contributed by atoms with Crippen LogP contribution in [0.15, 0.2) is 24.8 Å². The van der Waals surface area contributed by atoms with Crippen molar-refractivity contribution in [1.82, 2.24) is 24.4 Å². The number of carbonyl (C=O) groups is 1. The van der Waals surface area contributed by atoms with Crippen molar-refractivity contribution in [3.63, 3.8) is 0 Å². The van der Waals surface area contributed by atoms with Crippen molar-refractivity contribution >= 4 is 17.5 Å². The molecule has 0 N–H and O–H groups in total. The molecule has 1 aliphatic rings. The third kappa shape index (κ3) is 2.65. The van der Waals surface area contributed by atoms with Crippen LogP contribution in [0.3, 0.4) is 0 Å². The minimum absolute atomic E-state index is 0.148. The van der Waals surface area contributed by atoms with Crippen molar-refractivity contribution in [2.45, 2.75) is 25.4 Å². The van der Waals surface area contributed by atoms with E-state index in [1.807, 2.05) is 17.8 Å². The molecule has 0 unspecified atom stereocenters. The molecular formula is C13H14ClN5O. The fraction of sp³-hybridized carbons (Fsp3) is 0.385. The smallest absolute Gasteiger partial charge is 0.274 e. The molecule has 20 heavy (non-hydrogen) atoms. The Labute approximate surface area is 121 Å². The van der Waals surface area contributed by atoms with Crippen molar-refractivity contribution in [3.05, 3.63) is 41.5 Å². The van der Waals surface area contributed by atoms with Gasteiger partial charge in [-0.2, -0.15) is 0 Å². The predicted molar refractivity (Wildman–Crippen MR) is 73.1 cm³/mol. The van der Waals surface area contributed by atoms with E-state index in [9.17, 15) is 4.79 Å². The molecule has 104 valence electrons. The van der Waals surface area contributed by atoms with E-state index in [2.05, 4.69) is 15.0 Å². The lowest BCUT2D eigenvalue weighted by molar-refractivity contribution is 0.0717. The van der Waals surface area contributed by atoms with Crippen molar-refractivity contribution in [3.8, 4) is 0 Å². The van der Waals surface area contributed by atoms with E-state index < -0.39 is 0 Å². The molecule has 3 rings (SSSR count). The van der Waals surface area contributed by atoms with Crippen LogP contribution in [0.2, 0.25) is 5.15 Å². The second-order valence-electron chi connectivity index (χ2n) is 4.85. The minimum atomic E-state index is -0.148. The molecule has 1 fully saturated rings. The van der Waals surface area contributed by atoms with Gasteiger partial charge >= 0.3 is 0 Å². The number of halogens is 1. The lowest BCUT2D eigenvalue weighted by Crippen LogP contribution is -2.34. The number of rotatable bonds is 4. The van der Waals surface area contributed by atoms with Gasteiger partial charge in [-0.15, -0.1) is 0 Å². The summed E-state index contributed by atoms with van der Waals surface area (Å²) in [7, 11) is 1.91. The highest BCUT2D eigenvalue weighted by Crippen LogP contribution is 2.29. The summed E-state index contributed by atoms with van der Waals surface area (Å²) in [5, 5.41) is 0.226. The van der Waals surface area contributed by atoms with Gasteiger partial charge in [0.2, 0.25) is 0 Å². The summed E-state index contributed by atoms with van der Waals surface area (Å²) in [6, 6.07) is 0.264. The number of carbonyl (C=O) groups excluding carboxylic acids is 1. The molecule has 0 saturated heterocycles. The molecule has 2 aromatic heterocycles. The Morgan fingerprint density at radius 3 is 2.90 bits per heavy atom. The van der Waals surface area contributed by atoms with Crippen LogP contribution in [-0.4, -0.2) is 36.4 Å². The highest BCUT2D eigenvalue weighted by atomic mass is 35.5. The number of aryl methyl sites for hydroxylation is 1. The van der Waals surface area contributed by atoms with Crippen molar-refractivity contribution in [1.29, 1.82) is 0 Å². The molecule has 1 saturated carbocycles. The van der Waals surface area contributed by atoms with Crippen LogP contribution in [0.4, 0.5) is 0 Å². The zero-order valence-corrected chi connectivity index (χ0v) is 11.8. The second-order valence-corrected chi connectivity index (χ2v) is 5.23. The second kappa shape index (κ2) is 5.20. The van der Waals surface area contributed by atoms with Crippen molar-refractivity contribution in [2.75, 3.05) is 0 Å². The van der Waals surface area contributed by atoms with Gasteiger partial charge in [0.05, 0.1) is 18.9 Å². The molecule has 0 aromatic carbocycles. The average molecular weight is 292 g/mol. The van der Waals surface area contributed by atoms with E-state index in [0.29, 0.717) is 6.54 Å². The van der Waals surface area contributed by atoms with Crippen LogP contribution in [0.1, 0.15) is 29.2 Å². The molecule has 0 radical (unpaired) electrons. The largest absolute Gasteiger partial charge is 0.337 e. The molecule has 0 atom stereocenters. The SMILES string of the molecule is Cn1ccnc1CN(C(=O)c1cncc(Cl)n1)C1CC1. The Kier molecular flexibility index (Phi) is 3.40. The molecule has 6 nitrogen and oxygen atoms in total. The van der Waals surface area contributed by atoms with Gasteiger partial charge in [-0.25, -0.2) is 9.97 Å². The highest BCUT2D eigenvalue weighted by molar-refractivity contribution is 6.29. The first-order valence-corrected chi connectivity index (χ1v) is 6.77. The molecule has 1 aliphatic carbocycles. The lowest BCUT2D eigenvalue weighted by atomic mass is 10.3. The van der Waals surface area contributed by atoms with Gasteiger partial charge in [0, 0.05) is 25.5 Å². The molecule has 7 heteroatoms. The molecular weight excluding hydrogens is 278 g/mol. The van der Waals surface area contributed by atoms with Gasteiger partial charge < -0.3 is 9.47 Å². The van der Waals surface area contributed by atoms with Gasteiger partial charge in [0.25, 0.3) is 5.91 Å². The number of hydrogen-bond donors (Lipinski definition) is 0. The Hall–Kier alpha value is -1.95. The van der Waals surface area contributed by atoms with Gasteiger partial charge in [0.1, 0.15) is 16.7 Å². The number of amides is 1. The molecule has 0 spiro atoms. The van der Waals surface area contributed by atoms with Crippen LogP contribution >= 0.6 is 11.6 Å². The summed E-state index contributed by atoms with van der Waals surface area (Å²) in [6.07, 6.45) is 8.49. The monoisotopic (exact) mass is 291 g/mol. The Bertz CT molecular complexity index is 637. The fourth-order valence-corrected chi connectivity index (χ4v) is 2.19. The van der Waals surface area contributed by atoms with Gasteiger partial charge in [0.15, 0.2) is 0 Å². The average Bonchev–Trinajstić information content (AvgIpc) is 3.19. The topological polar surface area (TPSA) is 63.9 Å². The van der Waals surface area contributed by atoms with Gasteiger partial charge in [-0.3, -0.25) is 9.78 Å². The molecule has 2 heterocycles. The highest BCUT2D eigenvalue weighted by Gasteiger charge is 2.34. The zero-order valence-electron chi connectivity index (χ0n) is 11.0. The quantitative estimate of drug-likeness (QED) is 0.859. The van der Waals surface area contributed by atoms with Crippen LogP contribution < -0.4 is 0 Å². The Morgan fingerprint density at radius 1 is 1.50 bits per heavy atom. The summed E-state index contributed by atoms with van der Waals surface area (Å²) in [6.45, 7) is 0.473. The lowest BCUT2D eigenvalue weighted by Gasteiger charge is -2.21. The van der Waals surface area contributed by atoms with E-state index in [-0.39, 0.29) is 22.8 Å². The zero-order chi connectivity index (χ0) is 14.1. The minimum Gasteiger partial charge on any atom is -0.337 e. The number of aromatic nitrogens is 4. The van der Waals surface area contributed by atoms with E-state index >= 15 is 0 Å². The first-order valence-electron chi connectivity index (χ1n) is 6.40. The molecule has 1 amide bonds. The maximum Gasteiger partial charge on any atom is 0.274 e. The maximum atomic E-state index is 12.5. The molecule has 0 aliphatic heterocycles. The maximum absolute atomic E-state index is 12.5. The van der Waals surface area contributed by atoms with E-state index in [1.165, 1.54) is 12.4 Å². The van der Waals surface area contributed by atoms with Crippen LogP contribution in [0, 0.1) is 0 Å². The van der Waals surface area contributed by atoms with Crippen LogP contribution in [0.25, 0.3) is 0 Å². The van der Waals surface area contributed by atoms with E-state index in [1.54, 1.807) is 11.1 Å². The summed E-state index contributed by atoms with van der Waals surface area (Å²) in [4.78, 5) is 26.6. The predicted octanol–water partition coefficient (Wildman–Crippen LogP) is 1.67. The number of hydrogen-bond acceptors (Lipinski definition) is 4. The van der Waals surface area contributed by atoms with E-state index in [0.717, 1.165) is 18.7 Å². The van der Waals surface area contributed by atoms with Gasteiger partial charge in [-0.1, -0.05) is 11.6 Å². The van der Waals surface area contributed by atoms with Gasteiger partial charge in [-0.05, 0) is 12.8 Å². The normalized spacial score (nSPS) is 14.3. The first-order chi connectivity index (χ1) is 9.65. The van der Waals surface area contributed by atoms with Crippen molar-refractivity contribution < 1.29 is 4.79 Å². The third-order valence-electron chi connectivity index (χ3n) is 3.31. The molecule has 0 bridgehead atoms. The summed E-state index contributed by atoms with van der Waals surface area (Å²) in [5.41, 5.74) is 0.276. The summed E-state index contributed by atoms with van der Waals surface area (Å²) < 4.78 is 1.91. The van der Waals surface area contributed by atoms with Crippen molar-refractivity contribution in [2.24, 2.45) is 7.05 Å². The summed E-state index contributed by atoms with van der Waals surface area (Å²) >= 11 is 5.80. The van der Waals surface area contributed by atoms with Crippen LogP contribution in [-0.2, 0) is 13.6 Å². The number of imidazole rings is 1. The van der Waals surface area contributed by atoms with Crippen LogP contribution in [0.5, 0.6) is 0 Å². The Morgan fingerprint density at radius 2 is 2.30 bits per heavy atom. The number of nitrogens with zero attached hydrogens (tertiary/aromatic N) is 5. The fourth-order valence-electron chi connectivity index (χ4n) is 2.05. The first kappa shape index (κ1) is 13.1. The van der Waals surface area contributed by atoms with E-state index in [4.69, 9.17) is 11.6 Å². The standard InChI is InChI=1S/C13H14ClN5O/c1-18-5-4-16-12(18)8-19(9-2-3-9)13(20)10-6-15-7-11(14)17-10/h4-7,9H,2-3,8H2,1H3. The third-order valence-corrected chi connectivity index (χ3v) is 3.49. The Balaban J connectivity index is 1.84. The molecule has 2 aromatic rings.